The summed E-state index contributed by atoms with van der Waals surface area (Å²) < 4.78 is 18.5. The van der Waals surface area contributed by atoms with Crippen LogP contribution in [-0.4, -0.2) is 27.6 Å². The summed E-state index contributed by atoms with van der Waals surface area (Å²) in [6.07, 6.45) is 9.03. The van der Waals surface area contributed by atoms with Crippen LogP contribution >= 0.6 is 0 Å². The van der Waals surface area contributed by atoms with Crippen molar-refractivity contribution in [3.05, 3.63) is 12.2 Å². The van der Waals surface area contributed by atoms with Crippen LogP contribution in [0.1, 0.15) is 67.7 Å². The highest BCUT2D eigenvalue weighted by molar-refractivity contribution is 6.60. The SMILES string of the molecule is CC.CCO[Si](CCC1CC2C=CC1C2)(OC(C)C)OC(C)C. The van der Waals surface area contributed by atoms with Crippen molar-refractivity contribution in [1.29, 1.82) is 0 Å². The Morgan fingerprint density at radius 2 is 1.61 bits per heavy atom. The fourth-order valence-electron chi connectivity index (χ4n) is 3.81. The molecule has 0 heterocycles. The number of hydrogen-bond acceptors (Lipinski definition) is 3. The Labute approximate surface area is 145 Å². The van der Waals surface area contributed by atoms with E-state index in [0.717, 1.165) is 23.8 Å². The number of allylic oxidation sites excluding steroid dienone is 2. The molecule has 0 radical (unpaired) electrons. The van der Waals surface area contributed by atoms with Gasteiger partial charge in [0, 0.05) is 24.9 Å². The van der Waals surface area contributed by atoms with Crippen molar-refractivity contribution in [2.75, 3.05) is 6.61 Å². The van der Waals surface area contributed by atoms with Crippen molar-refractivity contribution in [1.82, 2.24) is 0 Å². The summed E-state index contributed by atoms with van der Waals surface area (Å²) in [5.41, 5.74) is 0. The largest absolute Gasteiger partial charge is 0.501 e. The van der Waals surface area contributed by atoms with Crippen molar-refractivity contribution in [2.45, 2.75) is 86.0 Å². The third kappa shape index (κ3) is 6.33. The zero-order chi connectivity index (χ0) is 17.5. The van der Waals surface area contributed by atoms with Gasteiger partial charge in [-0.2, -0.15) is 0 Å². The Hall–Kier alpha value is -0.163. The zero-order valence-electron chi connectivity index (χ0n) is 16.3. The van der Waals surface area contributed by atoms with Crippen LogP contribution in [-0.2, 0) is 13.3 Å². The summed E-state index contributed by atoms with van der Waals surface area (Å²) in [7, 11) is -2.54. The van der Waals surface area contributed by atoms with Gasteiger partial charge in [0.2, 0.25) is 0 Å². The minimum Gasteiger partial charge on any atom is -0.374 e. The summed E-state index contributed by atoms with van der Waals surface area (Å²) in [5, 5.41) is 0. The lowest BCUT2D eigenvalue weighted by Gasteiger charge is -2.34. The Kier molecular flexibility index (Phi) is 9.05. The van der Waals surface area contributed by atoms with Gasteiger partial charge >= 0.3 is 8.80 Å². The van der Waals surface area contributed by atoms with E-state index in [1.54, 1.807) is 0 Å². The second-order valence-electron chi connectivity index (χ2n) is 7.03. The monoisotopic (exact) mass is 342 g/mol. The molecule has 23 heavy (non-hydrogen) atoms. The van der Waals surface area contributed by atoms with Crippen LogP contribution < -0.4 is 0 Å². The molecule has 3 unspecified atom stereocenters. The first kappa shape index (κ1) is 20.9. The second kappa shape index (κ2) is 9.97. The van der Waals surface area contributed by atoms with Gasteiger partial charge < -0.3 is 13.3 Å². The van der Waals surface area contributed by atoms with E-state index < -0.39 is 8.80 Å². The average Bonchev–Trinajstić information content (AvgIpc) is 3.08. The molecule has 2 rings (SSSR count). The third-order valence-corrected chi connectivity index (χ3v) is 7.72. The molecular weight excluding hydrogens is 304 g/mol. The molecule has 1 fully saturated rings. The molecule has 4 heteroatoms. The highest BCUT2D eigenvalue weighted by atomic mass is 28.4. The summed E-state index contributed by atoms with van der Waals surface area (Å²) in [6, 6.07) is 0.957. The first-order chi connectivity index (χ1) is 10.9. The molecule has 0 saturated heterocycles. The van der Waals surface area contributed by atoms with Gasteiger partial charge in [-0.1, -0.05) is 26.0 Å². The van der Waals surface area contributed by atoms with Crippen molar-refractivity contribution >= 4 is 8.80 Å². The molecule has 0 N–H and O–H groups in total. The standard InChI is InChI=1S/C17H32O3Si.C2H6/c1-6-18-21(19-13(2)3,20-14(4)5)10-9-17-12-15-7-8-16(17)11-15;1-2/h7-8,13-17H,6,9-12H2,1-5H3;1-2H3. The van der Waals surface area contributed by atoms with Crippen LogP contribution in [0.2, 0.25) is 6.04 Å². The maximum atomic E-state index is 6.21. The van der Waals surface area contributed by atoms with Gasteiger partial charge in [-0.3, -0.25) is 0 Å². The molecule has 0 spiro atoms. The van der Waals surface area contributed by atoms with Crippen LogP contribution in [0.4, 0.5) is 0 Å². The smallest absolute Gasteiger partial charge is 0.374 e. The predicted molar refractivity (Wildman–Crippen MR) is 99.4 cm³/mol. The van der Waals surface area contributed by atoms with Gasteiger partial charge in [0.05, 0.1) is 0 Å². The molecule has 2 aliphatic rings. The number of hydrogen-bond donors (Lipinski definition) is 0. The normalized spacial score (nSPS) is 26.0. The highest BCUT2D eigenvalue weighted by Crippen LogP contribution is 2.46. The van der Waals surface area contributed by atoms with Crippen molar-refractivity contribution in [3.63, 3.8) is 0 Å². The van der Waals surface area contributed by atoms with Crippen LogP contribution in [0, 0.1) is 17.8 Å². The predicted octanol–water partition coefficient (Wildman–Crippen LogP) is 5.44. The lowest BCUT2D eigenvalue weighted by molar-refractivity contribution is 0.0207. The molecule has 0 amide bonds. The molecule has 0 aromatic rings. The van der Waals surface area contributed by atoms with E-state index >= 15 is 0 Å². The van der Waals surface area contributed by atoms with Crippen LogP contribution in [0.3, 0.4) is 0 Å². The van der Waals surface area contributed by atoms with Gasteiger partial charge in [0.15, 0.2) is 0 Å². The molecule has 2 bridgehead atoms. The Balaban J connectivity index is 0.00000127. The third-order valence-electron chi connectivity index (χ3n) is 4.43. The maximum absolute atomic E-state index is 6.21. The zero-order valence-corrected chi connectivity index (χ0v) is 17.3. The quantitative estimate of drug-likeness (QED) is 0.412. The van der Waals surface area contributed by atoms with Gasteiger partial charge in [-0.15, -0.1) is 0 Å². The minimum atomic E-state index is -2.54. The molecule has 0 aliphatic heterocycles. The lowest BCUT2D eigenvalue weighted by Crippen LogP contribution is -2.49. The average molecular weight is 343 g/mol. The van der Waals surface area contributed by atoms with Gasteiger partial charge in [0.25, 0.3) is 0 Å². The fourth-order valence-corrected chi connectivity index (χ4v) is 6.99. The van der Waals surface area contributed by atoms with Crippen molar-refractivity contribution < 1.29 is 13.3 Å². The molecule has 0 aromatic carbocycles. The van der Waals surface area contributed by atoms with Crippen LogP contribution in [0.15, 0.2) is 12.2 Å². The first-order valence-electron chi connectivity index (χ1n) is 9.62. The topological polar surface area (TPSA) is 27.7 Å². The summed E-state index contributed by atoms with van der Waals surface area (Å²) in [4.78, 5) is 0. The molecule has 136 valence electrons. The second-order valence-corrected chi connectivity index (χ2v) is 9.65. The Morgan fingerprint density at radius 1 is 1.00 bits per heavy atom. The van der Waals surface area contributed by atoms with Crippen LogP contribution in [0.25, 0.3) is 0 Å². The molecule has 0 aromatic heterocycles. The number of rotatable bonds is 9. The molecule has 2 aliphatic carbocycles. The van der Waals surface area contributed by atoms with Crippen LogP contribution in [0.5, 0.6) is 0 Å². The van der Waals surface area contributed by atoms with E-state index in [1.165, 1.54) is 19.3 Å². The van der Waals surface area contributed by atoms with E-state index in [2.05, 4.69) is 39.8 Å². The lowest BCUT2D eigenvalue weighted by atomic mass is 9.91. The molecule has 3 nitrogen and oxygen atoms in total. The van der Waals surface area contributed by atoms with E-state index in [1.807, 2.05) is 20.8 Å². The van der Waals surface area contributed by atoms with E-state index in [9.17, 15) is 0 Å². The van der Waals surface area contributed by atoms with Gasteiger partial charge in [-0.25, -0.2) is 0 Å². The summed E-state index contributed by atoms with van der Waals surface area (Å²) in [5.74, 6) is 2.43. The van der Waals surface area contributed by atoms with Crippen molar-refractivity contribution in [3.8, 4) is 0 Å². The molecule has 1 saturated carbocycles. The van der Waals surface area contributed by atoms with Crippen molar-refractivity contribution in [2.24, 2.45) is 17.8 Å². The highest BCUT2D eigenvalue weighted by Gasteiger charge is 2.45. The van der Waals surface area contributed by atoms with Gasteiger partial charge in [0.1, 0.15) is 0 Å². The van der Waals surface area contributed by atoms with Gasteiger partial charge in [-0.05, 0) is 71.6 Å². The van der Waals surface area contributed by atoms with E-state index in [-0.39, 0.29) is 12.2 Å². The Morgan fingerprint density at radius 3 is 2.00 bits per heavy atom. The summed E-state index contributed by atoms with van der Waals surface area (Å²) in [6.45, 7) is 15.0. The molecule has 3 atom stereocenters. The Bertz CT molecular complexity index is 345. The van der Waals surface area contributed by atoms with E-state index in [4.69, 9.17) is 13.3 Å². The fraction of sp³-hybridized carbons (Fsp3) is 0.895. The first-order valence-corrected chi connectivity index (χ1v) is 11.5. The number of fused-ring (bicyclic) bond motifs is 2. The molecular formula is C19H38O3Si. The summed E-state index contributed by atoms with van der Waals surface area (Å²) >= 11 is 0. The minimum absolute atomic E-state index is 0.155. The van der Waals surface area contributed by atoms with E-state index in [0.29, 0.717) is 6.61 Å². The maximum Gasteiger partial charge on any atom is 0.501 e.